The van der Waals surface area contributed by atoms with Gasteiger partial charge < -0.3 is 15.8 Å². The maximum Gasteiger partial charge on any atom is 0.387 e. The molecule has 0 aliphatic rings. The molecule has 0 amide bonds. The van der Waals surface area contributed by atoms with Gasteiger partial charge in [0.1, 0.15) is 5.75 Å². The largest absolute Gasteiger partial charge is 0.435 e. The molecule has 112 valence electrons. The van der Waals surface area contributed by atoms with E-state index in [0.29, 0.717) is 31.0 Å². The molecule has 6 heteroatoms. The van der Waals surface area contributed by atoms with Gasteiger partial charge in [-0.25, -0.2) is 0 Å². The summed E-state index contributed by atoms with van der Waals surface area (Å²) in [5, 5.41) is 2.96. The van der Waals surface area contributed by atoms with Crippen LogP contribution in [0.2, 0.25) is 0 Å². The third-order valence-corrected chi connectivity index (χ3v) is 2.68. The number of ether oxygens (including phenoxy) is 1. The fourth-order valence-electron chi connectivity index (χ4n) is 1.66. The van der Waals surface area contributed by atoms with Crippen molar-refractivity contribution in [3.8, 4) is 5.75 Å². The van der Waals surface area contributed by atoms with Gasteiger partial charge in [-0.3, -0.25) is 4.99 Å². The highest BCUT2D eigenvalue weighted by Gasteiger charge is 2.08. The maximum atomic E-state index is 12.2. The molecule has 0 aliphatic heterocycles. The van der Waals surface area contributed by atoms with Crippen LogP contribution in [-0.2, 0) is 6.42 Å². The van der Waals surface area contributed by atoms with Gasteiger partial charge >= 0.3 is 6.61 Å². The average molecular weight is 285 g/mol. The molecule has 0 atom stereocenters. The Bertz CT molecular complexity index is 425. The number of guanidine groups is 1. The first-order valence-electron chi connectivity index (χ1n) is 6.70. The van der Waals surface area contributed by atoms with Gasteiger partial charge in [-0.05, 0) is 24.5 Å². The highest BCUT2D eigenvalue weighted by molar-refractivity contribution is 5.77. The van der Waals surface area contributed by atoms with Gasteiger partial charge in [-0.15, -0.1) is 0 Å². The van der Waals surface area contributed by atoms with Gasteiger partial charge in [0.25, 0.3) is 0 Å². The van der Waals surface area contributed by atoms with Crippen LogP contribution in [0.15, 0.2) is 29.3 Å². The number of nitrogens with zero attached hydrogens (tertiary/aromatic N) is 1. The first kappa shape index (κ1) is 16.2. The number of nitrogens with two attached hydrogens (primary N) is 1. The topological polar surface area (TPSA) is 59.6 Å². The van der Waals surface area contributed by atoms with Crippen LogP contribution in [0, 0.1) is 0 Å². The van der Waals surface area contributed by atoms with Crippen LogP contribution in [0.25, 0.3) is 0 Å². The molecule has 0 saturated carbocycles. The van der Waals surface area contributed by atoms with Crippen molar-refractivity contribution in [1.29, 1.82) is 0 Å². The number of para-hydroxylation sites is 1. The number of hydrogen-bond donors (Lipinski definition) is 2. The van der Waals surface area contributed by atoms with Crippen LogP contribution < -0.4 is 15.8 Å². The lowest BCUT2D eigenvalue weighted by Crippen LogP contribution is -2.33. The van der Waals surface area contributed by atoms with Gasteiger partial charge in [0, 0.05) is 13.1 Å². The first-order valence-corrected chi connectivity index (χ1v) is 6.70. The summed E-state index contributed by atoms with van der Waals surface area (Å²) in [6.45, 7) is 0.481. The third-order valence-electron chi connectivity index (χ3n) is 2.68. The summed E-state index contributed by atoms with van der Waals surface area (Å²) >= 11 is 0. The molecule has 0 aromatic heterocycles. The van der Waals surface area contributed by atoms with E-state index in [4.69, 9.17) is 5.73 Å². The van der Waals surface area contributed by atoms with E-state index in [2.05, 4.69) is 22.0 Å². The average Bonchev–Trinajstić information content (AvgIpc) is 2.40. The minimum Gasteiger partial charge on any atom is -0.435 e. The molecule has 0 unspecified atom stereocenters. The Hall–Kier alpha value is -1.85. The Morgan fingerprint density at radius 3 is 2.85 bits per heavy atom. The van der Waals surface area contributed by atoms with E-state index in [1.54, 1.807) is 18.2 Å². The molecule has 1 aromatic rings. The van der Waals surface area contributed by atoms with Crippen molar-refractivity contribution in [3.63, 3.8) is 0 Å². The molecule has 0 bridgehead atoms. The molecule has 0 saturated heterocycles. The van der Waals surface area contributed by atoms with Crippen molar-refractivity contribution < 1.29 is 13.5 Å². The van der Waals surface area contributed by atoms with E-state index in [9.17, 15) is 8.78 Å². The molecule has 0 fully saturated rings. The molecule has 20 heavy (non-hydrogen) atoms. The second kappa shape index (κ2) is 9.12. The maximum absolute atomic E-state index is 12.2. The minimum atomic E-state index is -2.82. The summed E-state index contributed by atoms with van der Waals surface area (Å²) in [6.07, 6.45) is 2.59. The summed E-state index contributed by atoms with van der Waals surface area (Å²) < 4.78 is 29.0. The molecule has 1 aromatic carbocycles. The molecule has 0 radical (unpaired) electrons. The zero-order valence-corrected chi connectivity index (χ0v) is 11.6. The lowest BCUT2D eigenvalue weighted by atomic mass is 10.1. The molecular formula is C14H21F2N3O. The second-order valence-corrected chi connectivity index (χ2v) is 4.28. The number of rotatable bonds is 8. The van der Waals surface area contributed by atoms with Crippen molar-refractivity contribution in [2.45, 2.75) is 32.8 Å². The van der Waals surface area contributed by atoms with Gasteiger partial charge in [0.15, 0.2) is 5.96 Å². The monoisotopic (exact) mass is 285 g/mol. The SMILES string of the molecule is CCCCN=C(N)NCCc1ccccc1OC(F)F. The van der Waals surface area contributed by atoms with E-state index in [1.807, 2.05) is 0 Å². The lowest BCUT2D eigenvalue weighted by Gasteiger charge is -2.11. The normalized spacial score (nSPS) is 11.7. The summed E-state index contributed by atoms with van der Waals surface area (Å²) in [7, 11) is 0. The van der Waals surface area contributed by atoms with E-state index in [-0.39, 0.29) is 5.75 Å². The fraction of sp³-hybridized carbons (Fsp3) is 0.500. The number of aliphatic imine (C=N–C) groups is 1. The predicted molar refractivity (Wildman–Crippen MR) is 76.2 cm³/mol. The standard InChI is InChI=1S/C14H21F2N3O/c1-2-3-9-18-14(17)19-10-8-11-6-4-5-7-12(11)20-13(15)16/h4-7,13H,2-3,8-10H2,1H3,(H3,17,18,19). The Morgan fingerprint density at radius 1 is 1.40 bits per heavy atom. The molecule has 3 N–H and O–H groups in total. The van der Waals surface area contributed by atoms with Gasteiger partial charge in [0.05, 0.1) is 0 Å². The van der Waals surface area contributed by atoms with Crippen LogP contribution in [0.5, 0.6) is 5.75 Å². The molecular weight excluding hydrogens is 264 g/mol. The predicted octanol–water partition coefficient (Wildman–Crippen LogP) is 2.53. The van der Waals surface area contributed by atoms with Crippen molar-refractivity contribution >= 4 is 5.96 Å². The summed E-state index contributed by atoms with van der Waals surface area (Å²) in [4.78, 5) is 4.15. The van der Waals surface area contributed by atoms with Gasteiger partial charge in [-0.2, -0.15) is 8.78 Å². The van der Waals surface area contributed by atoms with Crippen molar-refractivity contribution in [2.24, 2.45) is 10.7 Å². The Balaban J connectivity index is 2.43. The van der Waals surface area contributed by atoms with E-state index < -0.39 is 6.61 Å². The lowest BCUT2D eigenvalue weighted by molar-refractivity contribution is -0.0504. The van der Waals surface area contributed by atoms with E-state index in [1.165, 1.54) is 6.07 Å². The van der Waals surface area contributed by atoms with Crippen LogP contribution in [0.1, 0.15) is 25.3 Å². The molecule has 4 nitrogen and oxygen atoms in total. The van der Waals surface area contributed by atoms with Crippen molar-refractivity contribution in [3.05, 3.63) is 29.8 Å². The van der Waals surface area contributed by atoms with E-state index >= 15 is 0 Å². The van der Waals surface area contributed by atoms with E-state index in [0.717, 1.165) is 12.8 Å². The molecule has 0 heterocycles. The number of halogens is 2. The Kier molecular flexibility index (Phi) is 7.39. The summed E-state index contributed by atoms with van der Waals surface area (Å²) in [5.74, 6) is 0.580. The first-order chi connectivity index (χ1) is 9.63. The number of hydrogen-bond acceptors (Lipinski definition) is 2. The molecule has 0 aliphatic carbocycles. The quantitative estimate of drug-likeness (QED) is 0.438. The fourth-order valence-corrected chi connectivity index (χ4v) is 1.66. The van der Waals surface area contributed by atoms with Gasteiger partial charge in [-0.1, -0.05) is 31.5 Å². The molecule has 0 spiro atoms. The number of unbranched alkanes of at least 4 members (excludes halogenated alkanes) is 1. The minimum absolute atomic E-state index is 0.200. The van der Waals surface area contributed by atoms with Gasteiger partial charge in [0.2, 0.25) is 0 Å². The smallest absolute Gasteiger partial charge is 0.387 e. The van der Waals surface area contributed by atoms with Crippen LogP contribution in [-0.4, -0.2) is 25.7 Å². The highest BCUT2D eigenvalue weighted by Crippen LogP contribution is 2.20. The second-order valence-electron chi connectivity index (χ2n) is 4.28. The zero-order chi connectivity index (χ0) is 14.8. The van der Waals surface area contributed by atoms with Crippen molar-refractivity contribution in [2.75, 3.05) is 13.1 Å². The van der Waals surface area contributed by atoms with Crippen molar-refractivity contribution in [1.82, 2.24) is 5.32 Å². The van der Waals surface area contributed by atoms with Crippen LogP contribution in [0.4, 0.5) is 8.78 Å². The molecule has 1 rings (SSSR count). The Morgan fingerprint density at radius 2 is 2.15 bits per heavy atom. The summed E-state index contributed by atoms with van der Waals surface area (Å²) in [5.41, 5.74) is 6.39. The number of nitrogens with one attached hydrogen (secondary N) is 1. The Labute approximate surface area is 118 Å². The number of benzene rings is 1. The zero-order valence-electron chi connectivity index (χ0n) is 11.6. The number of alkyl halides is 2. The van der Waals surface area contributed by atoms with Crippen LogP contribution >= 0.6 is 0 Å². The summed E-state index contributed by atoms with van der Waals surface area (Å²) in [6, 6.07) is 6.73. The third kappa shape index (κ3) is 6.36. The highest BCUT2D eigenvalue weighted by atomic mass is 19.3. The van der Waals surface area contributed by atoms with Crippen LogP contribution in [0.3, 0.4) is 0 Å².